The Balaban J connectivity index is 4.05. The summed E-state index contributed by atoms with van der Waals surface area (Å²) in [5.41, 5.74) is 0. The van der Waals surface area contributed by atoms with E-state index in [4.69, 9.17) is 4.74 Å². The molecule has 50 heavy (non-hydrogen) atoms. The lowest BCUT2D eigenvalue weighted by molar-refractivity contribution is -0.149. The number of esters is 1. The number of ether oxygens (including phenoxy) is 1. The Hall–Kier alpha value is -0.530. The summed E-state index contributed by atoms with van der Waals surface area (Å²) in [6, 6.07) is 0. The van der Waals surface area contributed by atoms with Crippen molar-refractivity contribution < 1.29 is 9.53 Å². The van der Waals surface area contributed by atoms with Crippen molar-refractivity contribution in [3.63, 3.8) is 0 Å². The zero-order valence-electron chi connectivity index (χ0n) is 35.3. The van der Waals surface area contributed by atoms with Crippen molar-refractivity contribution in [3.8, 4) is 0 Å². The monoisotopic (exact) mass is 705 g/mol. The predicted octanol–water partition coefficient (Wildman–Crippen LogP) is 17.6. The van der Waals surface area contributed by atoms with Gasteiger partial charge in [0.15, 0.2) is 0 Å². The third-order valence-corrected chi connectivity index (χ3v) is 11.4. The maximum Gasteiger partial charge on any atom is 0.308 e. The Morgan fingerprint density at radius 1 is 0.300 bits per heavy atom. The SMILES string of the molecule is CCCCCCCCCCCCCCCCOC(=O)C(CCCCCCCCCCCCCC)CCCCCCCCCCCCCCCC. The molecule has 2 nitrogen and oxygen atoms in total. The molecule has 0 heterocycles. The third-order valence-electron chi connectivity index (χ3n) is 11.4. The molecule has 0 spiro atoms. The van der Waals surface area contributed by atoms with Crippen molar-refractivity contribution in [2.24, 2.45) is 5.92 Å². The average Bonchev–Trinajstić information content (AvgIpc) is 3.12. The highest BCUT2D eigenvalue weighted by atomic mass is 16.5. The average molecular weight is 705 g/mol. The van der Waals surface area contributed by atoms with Crippen LogP contribution in [0.4, 0.5) is 0 Å². The van der Waals surface area contributed by atoms with Crippen molar-refractivity contribution in [1.29, 1.82) is 0 Å². The van der Waals surface area contributed by atoms with Crippen LogP contribution in [0.2, 0.25) is 0 Å². The lowest BCUT2D eigenvalue weighted by Crippen LogP contribution is -2.18. The van der Waals surface area contributed by atoms with E-state index in [1.807, 2.05) is 0 Å². The van der Waals surface area contributed by atoms with E-state index in [1.165, 1.54) is 250 Å². The van der Waals surface area contributed by atoms with Crippen LogP contribution in [-0.4, -0.2) is 12.6 Å². The highest BCUT2D eigenvalue weighted by Crippen LogP contribution is 2.22. The number of rotatable bonds is 44. The predicted molar refractivity (Wildman–Crippen MR) is 225 cm³/mol. The number of carbonyl (C=O) groups excluding carboxylic acids is 1. The molecule has 0 radical (unpaired) electrons. The van der Waals surface area contributed by atoms with Gasteiger partial charge in [-0.2, -0.15) is 0 Å². The summed E-state index contributed by atoms with van der Waals surface area (Å²) in [4.78, 5) is 13.2. The first-order chi connectivity index (χ1) is 24.8. The van der Waals surface area contributed by atoms with Gasteiger partial charge in [-0.15, -0.1) is 0 Å². The zero-order valence-corrected chi connectivity index (χ0v) is 35.3. The molecule has 0 bridgehead atoms. The van der Waals surface area contributed by atoms with Crippen LogP contribution in [0, 0.1) is 5.92 Å². The summed E-state index contributed by atoms with van der Waals surface area (Å²) in [7, 11) is 0. The number of hydrogen-bond donors (Lipinski definition) is 0. The molecule has 0 amide bonds. The molecule has 0 N–H and O–H groups in total. The zero-order chi connectivity index (χ0) is 36.3. The van der Waals surface area contributed by atoms with Gasteiger partial charge < -0.3 is 4.74 Å². The summed E-state index contributed by atoms with van der Waals surface area (Å²) in [5, 5.41) is 0. The van der Waals surface area contributed by atoms with Gasteiger partial charge in [0.05, 0.1) is 12.5 Å². The van der Waals surface area contributed by atoms with Gasteiger partial charge in [0, 0.05) is 0 Å². The lowest BCUT2D eigenvalue weighted by Gasteiger charge is -2.16. The van der Waals surface area contributed by atoms with Gasteiger partial charge in [-0.25, -0.2) is 0 Å². The number of unbranched alkanes of at least 4 members (excludes halogenated alkanes) is 37. The molecule has 0 aliphatic carbocycles. The van der Waals surface area contributed by atoms with Crippen molar-refractivity contribution >= 4 is 5.97 Å². The van der Waals surface area contributed by atoms with Gasteiger partial charge >= 0.3 is 5.97 Å². The fourth-order valence-corrected chi connectivity index (χ4v) is 7.78. The quantitative estimate of drug-likeness (QED) is 0.0466. The minimum Gasteiger partial charge on any atom is -0.465 e. The molecule has 0 aliphatic rings. The van der Waals surface area contributed by atoms with E-state index in [2.05, 4.69) is 20.8 Å². The number of carbonyl (C=O) groups is 1. The van der Waals surface area contributed by atoms with Crippen LogP contribution in [0.1, 0.15) is 290 Å². The molecule has 0 aromatic rings. The van der Waals surface area contributed by atoms with Gasteiger partial charge in [-0.3, -0.25) is 4.79 Å². The van der Waals surface area contributed by atoms with Crippen LogP contribution in [0.15, 0.2) is 0 Å². The topological polar surface area (TPSA) is 26.3 Å². The van der Waals surface area contributed by atoms with Gasteiger partial charge in [0.25, 0.3) is 0 Å². The van der Waals surface area contributed by atoms with Crippen LogP contribution in [0.3, 0.4) is 0 Å². The number of hydrogen-bond acceptors (Lipinski definition) is 2. The van der Waals surface area contributed by atoms with Crippen LogP contribution >= 0.6 is 0 Å². The molecule has 0 aromatic heterocycles. The van der Waals surface area contributed by atoms with E-state index in [0.29, 0.717) is 6.61 Å². The first-order valence-electron chi connectivity index (χ1n) is 23.9. The molecule has 0 fully saturated rings. The molecule has 0 saturated heterocycles. The Morgan fingerprint density at radius 3 is 0.740 bits per heavy atom. The molecule has 0 saturated carbocycles. The normalized spacial score (nSPS) is 12.1. The maximum atomic E-state index is 13.2. The largest absolute Gasteiger partial charge is 0.465 e. The molecule has 1 atom stereocenters. The summed E-state index contributed by atoms with van der Waals surface area (Å²) in [6.45, 7) is 7.54. The Kier molecular flexibility index (Phi) is 44.2. The Morgan fingerprint density at radius 2 is 0.500 bits per heavy atom. The molecular weight excluding hydrogens is 609 g/mol. The van der Waals surface area contributed by atoms with E-state index < -0.39 is 0 Å². The third kappa shape index (κ3) is 40.2. The van der Waals surface area contributed by atoms with Crippen LogP contribution in [0.25, 0.3) is 0 Å². The fourth-order valence-electron chi connectivity index (χ4n) is 7.78. The van der Waals surface area contributed by atoms with Crippen molar-refractivity contribution in [2.75, 3.05) is 6.61 Å². The second kappa shape index (κ2) is 44.6. The van der Waals surface area contributed by atoms with Gasteiger partial charge in [0.2, 0.25) is 0 Å². The van der Waals surface area contributed by atoms with E-state index in [-0.39, 0.29) is 11.9 Å². The summed E-state index contributed by atoms with van der Waals surface area (Å²) >= 11 is 0. The molecule has 300 valence electrons. The van der Waals surface area contributed by atoms with Crippen LogP contribution < -0.4 is 0 Å². The minimum atomic E-state index is 0.123. The highest BCUT2D eigenvalue weighted by Gasteiger charge is 2.19. The fraction of sp³-hybridized carbons (Fsp3) is 0.979. The molecular formula is C48H96O2. The minimum absolute atomic E-state index is 0.123. The summed E-state index contributed by atoms with van der Waals surface area (Å²) in [6.07, 6.45) is 57.1. The van der Waals surface area contributed by atoms with Crippen molar-refractivity contribution in [2.45, 2.75) is 290 Å². The maximum absolute atomic E-state index is 13.2. The summed E-state index contributed by atoms with van der Waals surface area (Å²) < 4.78 is 5.90. The second-order valence-corrected chi connectivity index (χ2v) is 16.5. The van der Waals surface area contributed by atoms with E-state index in [0.717, 1.165) is 19.3 Å². The van der Waals surface area contributed by atoms with Gasteiger partial charge in [-0.1, -0.05) is 271 Å². The van der Waals surface area contributed by atoms with Crippen molar-refractivity contribution in [3.05, 3.63) is 0 Å². The Bertz CT molecular complexity index is 615. The van der Waals surface area contributed by atoms with Gasteiger partial charge in [0.1, 0.15) is 0 Å². The molecule has 2 heteroatoms. The van der Waals surface area contributed by atoms with Gasteiger partial charge in [-0.05, 0) is 19.3 Å². The smallest absolute Gasteiger partial charge is 0.308 e. The standard InChI is InChI=1S/C48H96O2/c1-4-7-10-13-16-19-22-25-27-30-33-36-39-42-45-47(44-41-38-35-32-29-24-21-18-15-12-9-6-3)48(49)50-46-43-40-37-34-31-28-26-23-20-17-14-11-8-5-2/h47H,4-46H2,1-3H3. The summed E-state index contributed by atoms with van der Waals surface area (Å²) in [5.74, 6) is 0.263. The molecule has 0 rings (SSSR count). The van der Waals surface area contributed by atoms with Crippen LogP contribution in [0.5, 0.6) is 0 Å². The first kappa shape index (κ1) is 49.5. The molecule has 0 aliphatic heterocycles. The molecule has 0 aromatic carbocycles. The van der Waals surface area contributed by atoms with E-state index >= 15 is 0 Å². The Labute approximate surface area is 317 Å². The van der Waals surface area contributed by atoms with E-state index in [1.54, 1.807) is 0 Å². The van der Waals surface area contributed by atoms with Crippen LogP contribution in [-0.2, 0) is 9.53 Å². The second-order valence-electron chi connectivity index (χ2n) is 16.5. The first-order valence-corrected chi connectivity index (χ1v) is 23.9. The van der Waals surface area contributed by atoms with E-state index in [9.17, 15) is 4.79 Å². The lowest BCUT2D eigenvalue weighted by atomic mass is 9.94. The molecule has 1 unspecified atom stereocenters. The highest BCUT2D eigenvalue weighted by molar-refractivity contribution is 5.72. The van der Waals surface area contributed by atoms with Crippen molar-refractivity contribution in [1.82, 2.24) is 0 Å².